The van der Waals surface area contributed by atoms with Crippen molar-refractivity contribution >= 4 is 5.91 Å². The van der Waals surface area contributed by atoms with Crippen LogP contribution >= 0.6 is 0 Å². The van der Waals surface area contributed by atoms with Gasteiger partial charge in [0.1, 0.15) is 48.8 Å². The van der Waals surface area contributed by atoms with Gasteiger partial charge in [0.25, 0.3) is 0 Å². The van der Waals surface area contributed by atoms with Crippen LogP contribution < -0.4 is 5.32 Å². The fourth-order valence-corrected chi connectivity index (χ4v) is 8.52. The lowest BCUT2D eigenvalue weighted by atomic mass is 9.97. The van der Waals surface area contributed by atoms with Gasteiger partial charge in [-0.2, -0.15) is 0 Å². The number of allylic oxidation sites excluding steroid dienone is 8. The first-order chi connectivity index (χ1) is 32.6. The average Bonchev–Trinajstić information content (AvgIpc) is 3.33. The van der Waals surface area contributed by atoms with E-state index in [4.69, 9.17) is 18.9 Å². The predicted octanol–water partition coefficient (Wildman–Crippen LogP) is 7.27. The molecular formula is C53H95NO13. The number of aliphatic hydroxyl groups is 8. The number of carbonyl (C=O) groups is 1. The van der Waals surface area contributed by atoms with Crippen molar-refractivity contribution in [2.24, 2.45) is 0 Å². The summed E-state index contributed by atoms with van der Waals surface area (Å²) in [5.41, 5.74) is 0. The highest BCUT2D eigenvalue weighted by molar-refractivity contribution is 5.76. The van der Waals surface area contributed by atoms with Gasteiger partial charge >= 0.3 is 0 Å². The zero-order valence-corrected chi connectivity index (χ0v) is 41.4. The third-order valence-corrected chi connectivity index (χ3v) is 12.8. The fourth-order valence-electron chi connectivity index (χ4n) is 8.52. The van der Waals surface area contributed by atoms with E-state index in [1.807, 2.05) is 0 Å². The zero-order chi connectivity index (χ0) is 48.9. The summed E-state index contributed by atoms with van der Waals surface area (Å²) in [6.45, 7) is 2.60. The Hall–Kier alpha value is -2.05. The first kappa shape index (κ1) is 61.1. The minimum atomic E-state index is -1.78. The van der Waals surface area contributed by atoms with Gasteiger partial charge in [0, 0.05) is 6.42 Å². The van der Waals surface area contributed by atoms with Crippen LogP contribution in [0, 0.1) is 0 Å². The molecule has 12 unspecified atom stereocenters. The van der Waals surface area contributed by atoms with Crippen LogP contribution in [0.15, 0.2) is 48.6 Å². The SMILES string of the molecule is CC/C=C\C/C=C\C/C=C\C/C=C\CCCCCCCCCCCCCCCCCCC(=O)NC(COC1OC(CO)C(OC2OC(CO)C(O)C(O)C2O)C(O)C1O)C(O)CCCCCC. The summed E-state index contributed by atoms with van der Waals surface area (Å²) in [7, 11) is 0. The van der Waals surface area contributed by atoms with E-state index in [-0.39, 0.29) is 12.5 Å². The van der Waals surface area contributed by atoms with Crippen LogP contribution in [-0.2, 0) is 23.7 Å². The molecule has 2 aliphatic heterocycles. The average molecular weight is 954 g/mol. The summed E-state index contributed by atoms with van der Waals surface area (Å²) < 4.78 is 22.6. The van der Waals surface area contributed by atoms with E-state index in [0.717, 1.165) is 77.0 Å². The van der Waals surface area contributed by atoms with Crippen LogP contribution in [0.3, 0.4) is 0 Å². The summed E-state index contributed by atoms with van der Waals surface area (Å²) in [6.07, 6.45) is 30.7. The number of aliphatic hydroxyl groups excluding tert-OH is 8. The molecule has 0 bridgehead atoms. The van der Waals surface area contributed by atoms with E-state index in [2.05, 4.69) is 67.8 Å². The Morgan fingerprint density at radius 1 is 0.552 bits per heavy atom. The molecule has 9 N–H and O–H groups in total. The maximum atomic E-state index is 13.1. The van der Waals surface area contributed by atoms with Gasteiger partial charge in [0.15, 0.2) is 12.6 Å². The summed E-state index contributed by atoms with van der Waals surface area (Å²) >= 11 is 0. The summed E-state index contributed by atoms with van der Waals surface area (Å²) in [4.78, 5) is 13.1. The third-order valence-electron chi connectivity index (χ3n) is 12.8. The molecule has 2 heterocycles. The highest BCUT2D eigenvalue weighted by atomic mass is 16.7. The van der Waals surface area contributed by atoms with E-state index < -0.39 is 86.8 Å². The van der Waals surface area contributed by atoms with Crippen molar-refractivity contribution in [2.75, 3.05) is 19.8 Å². The summed E-state index contributed by atoms with van der Waals surface area (Å²) in [5, 5.41) is 86.2. The highest BCUT2D eigenvalue weighted by Gasteiger charge is 2.51. The molecule has 14 nitrogen and oxygen atoms in total. The Kier molecular flexibility index (Phi) is 36.1. The predicted molar refractivity (Wildman–Crippen MR) is 263 cm³/mol. The minimum absolute atomic E-state index is 0.217. The van der Waals surface area contributed by atoms with Crippen molar-refractivity contribution < 1.29 is 64.6 Å². The number of hydrogen-bond acceptors (Lipinski definition) is 13. The van der Waals surface area contributed by atoms with Crippen molar-refractivity contribution in [1.29, 1.82) is 0 Å². The van der Waals surface area contributed by atoms with Gasteiger partial charge in [-0.3, -0.25) is 4.79 Å². The lowest BCUT2D eigenvalue weighted by Gasteiger charge is -2.46. The highest BCUT2D eigenvalue weighted by Crippen LogP contribution is 2.30. The molecular weight excluding hydrogens is 859 g/mol. The number of carbonyl (C=O) groups excluding carboxylic acids is 1. The molecule has 2 rings (SSSR count). The summed E-state index contributed by atoms with van der Waals surface area (Å²) in [5.74, 6) is -0.217. The molecule has 0 spiro atoms. The van der Waals surface area contributed by atoms with E-state index >= 15 is 0 Å². The standard InChI is InChI=1S/C53H95NO13/c1-3-5-7-9-10-11-12-13-14-15-16-17-18-19-20-21-22-23-24-25-26-27-28-29-30-31-32-33-35-37-45(58)54-41(42(57)36-34-8-6-4-2)40-64-52-50(63)48(61)51(44(39-56)66-52)67-53-49(62)47(60)46(59)43(38-55)65-53/h5,7,10-11,13-14,16-17,41-44,46-53,55-57,59-63H,3-4,6,8-9,12,15,18-40H2,1-2H3,(H,54,58)/b7-5-,11-10-,14-13-,17-16-. The maximum absolute atomic E-state index is 13.1. The van der Waals surface area contributed by atoms with Gasteiger partial charge in [-0.25, -0.2) is 0 Å². The van der Waals surface area contributed by atoms with Crippen molar-refractivity contribution in [1.82, 2.24) is 5.32 Å². The quantitative estimate of drug-likeness (QED) is 0.0218. The van der Waals surface area contributed by atoms with Crippen LogP contribution in [0.2, 0.25) is 0 Å². The molecule has 67 heavy (non-hydrogen) atoms. The van der Waals surface area contributed by atoms with Gasteiger partial charge < -0.3 is 65.1 Å². The normalized spacial score (nSPS) is 27.0. The number of nitrogens with one attached hydrogen (secondary N) is 1. The molecule has 0 radical (unpaired) electrons. The van der Waals surface area contributed by atoms with Crippen molar-refractivity contribution in [3.05, 3.63) is 48.6 Å². The number of amides is 1. The van der Waals surface area contributed by atoms with Crippen LogP contribution in [0.4, 0.5) is 0 Å². The topological polar surface area (TPSA) is 228 Å². The van der Waals surface area contributed by atoms with E-state index in [0.29, 0.717) is 12.8 Å². The lowest BCUT2D eigenvalue weighted by molar-refractivity contribution is -0.359. The molecule has 0 aromatic heterocycles. The maximum Gasteiger partial charge on any atom is 0.220 e. The number of rotatable bonds is 40. The number of unbranched alkanes of at least 4 members (excludes halogenated alkanes) is 19. The van der Waals surface area contributed by atoms with Gasteiger partial charge in [-0.1, -0.05) is 178 Å². The molecule has 2 aliphatic rings. The molecule has 14 heteroatoms. The monoisotopic (exact) mass is 954 g/mol. The molecule has 2 fully saturated rings. The zero-order valence-electron chi connectivity index (χ0n) is 41.4. The van der Waals surface area contributed by atoms with E-state index in [1.54, 1.807) is 0 Å². The molecule has 2 saturated heterocycles. The lowest BCUT2D eigenvalue weighted by Crippen LogP contribution is -2.65. The van der Waals surface area contributed by atoms with Gasteiger partial charge in [-0.15, -0.1) is 0 Å². The van der Waals surface area contributed by atoms with Crippen LogP contribution in [0.5, 0.6) is 0 Å². The Bertz CT molecular complexity index is 1310. The number of hydrogen-bond donors (Lipinski definition) is 9. The van der Waals surface area contributed by atoms with Gasteiger partial charge in [0.05, 0.1) is 32.0 Å². The van der Waals surface area contributed by atoms with Crippen molar-refractivity contribution in [2.45, 2.75) is 261 Å². The van der Waals surface area contributed by atoms with Gasteiger partial charge in [-0.05, 0) is 51.4 Å². The molecule has 12 atom stereocenters. The second-order valence-corrected chi connectivity index (χ2v) is 18.6. The Balaban J connectivity index is 1.58. The van der Waals surface area contributed by atoms with Crippen molar-refractivity contribution in [3.8, 4) is 0 Å². The first-order valence-corrected chi connectivity index (χ1v) is 26.4. The second kappa shape index (κ2) is 39.6. The minimum Gasteiger partial charge on any atom is -0.394 e. The van der Waals surface area contributed by atoms with Crippen molar-refractivity contribution in [3.63, 3.8) is 0 Å². The molecule has 0 saturated carbocycles. The van der Waals surface area contributed by atoms with E-state index in [9.17, 15) is 45.6 Å². The number of ether oxygens (including phenoxy) is 4. The molecule has 390 valence electrons. The Morgan fingerprint density at radius 2 is 1.03 bits per heavy atom. The second-order valence-electron chi connectivity index (χ2n) is 18.6. The first-order valence-electron chi connectivity index (χ1n) is 26.4. The largest absolute Gasteiger partial charge is 0.394 e. The van der Waals surface area contributed by atoms with Crippen LogP contribution in [0.1, 0.15) is 187 Å². The van der Waals surface area contributed by atoms with Crippen LogP contribution in [0.25, 0.3) is 0 Å². The molecule has 1 amide bonds. The van der Waals surface area contributed by atoms with E-state index in [1.165, 1.54) is 83.5 Å². The molecule has 0 aliphatic carbocycles. The summed E-state index contributed by atoms with van der Waals surface area (Å²) in [6, 6.07) is -0.824. The fraction of sp³-hybridized carbons (Fsp3) is 0.830. The third kappa shape index (κ3) is 26.7. The van der Waals surface area contributed by atoms with Gasteiger partial charge in [0.2, 0.25) is 5.91 Å². The smallest absolute Gasteiger partial charge is 0.220 e. The molecule has 0 aromatic carbocycles. The molecule has 0 aromatic rings. The Labute approximate surface area is 403 Å². The Morgan fingerprint density at radius 3 is 1.57 bits per heavy atom. The van der Waals surface area contributed by atoms with Crippen LogP contribution in [-0.4, -0.2) is 140 Å².